The highest BCUT2D eigenvalue weighted by Crippen LogP contribution is 2.27. The molecule has 0 aliphatic rings. The second-order valence-electron chi connectivity index (χ2n) is 6.21. The minimum Gasteiger partial charge on any atom is -0.493 e. The van der Waals surface area contributed by atoms with Gasteiger partial charge in [0.05, 0.1) is 17.7 Å². The van der Waals surface area contributed by atoms with Crippen LogP contribution in [0.4, 0.5) is 0 Å². The van der Waals surface area contributed by atoms with E-state index in [1.165, 1.54) is 7.11 Å². The minimum atomic E-state index is -0.490. The second-order valence-corrected chi connectivity index (χ2v) is 7.47. The molecule has 2 amide bonds. The molecule has 0 aromatic heterocycles. The summed E-state index contributed by atoms with van der Waals surface area (Å²) in [5, 5.41) is 2.41. The third kappa shape index (κ3) is 7.20. The molecule has 0 unspecified atom stereocenters. The largest absolute Gasteiger partial charge is 0.493 e. The molecule has 0 saturated heterocycles. The maximum Gasteiger partial charge on any atom is 0.276 e. The van der Waals surface area contributed by atoms with E-state index in [2.05, 4.69) is 32.1 Å². The number of hydrogen-bond acceptors (Lipinski definition) is 6. The quantitative estimate of drug-likeness (QED) is 0.401. The Balaban J connectivity index is 1.80. The summed E-state index contributed by atoms with van der Waals surface area (Å²) in [7, 11) is 1.51. The molecule has 160 valence electrons. The molecule has 2 aromatic carbocycles. The highest BCUT2D eigenvalue weighted by molar-refractivity contribution is 9.10. The second kappa shape index (κ2) is 11.4. The van der Waals surface area contributed by atoms with Gasteiger partial charge in [-0.1, -0.05) is 12.1 Å². The smallest absolute Gasteiger partial charge is 0.276 e. The zero-order valence-electron chi connectivity index (χ0n) is 16.7. The van der Waals surface area contributed by atoms with E-state index in [-0.39, 0.29) is 17.8 Å². The third-order valence-corrected chi connectivity index (χ3v) is 4.35. The van der Waals surface area contributed by atoms with Gasteiger partial charge in [0.2, 0.25) is 0 Å². The Kier molecular flexibility index (Phi) is 8.88. The number of halogens is 1. The van der Waals surface area contributed by atoms with E-state index in [1.54, 1.807) is 42.5 Å². The summed E-state index contributed by atoms with van der Waals surface area (Å²) >= 11 is 8.40. The fraction of sp³-hybridized carbons (Fsp3) is 0.250. The normalized spacial score (nSPS) is 10.2. The summed E-state index contributed by atoms with van der Waals surface area (Å²) in [5.74, 6) is 0.641. The molecule has 0 aliphatic carbocycles. The summed E-state index contributed by atoms with van der Waals surface area (Å²) in [4.78, 5) is 24.2. The van der Waals surface area contributed by atoms with Gasteiger partial charge in [0.15, 0.2) is 23.2 Å². The van der Waals surface area contributed by atoms with Crippen molar-refractivity contribution in [1.82, 2.24) is 16.2 Å². The van der Waals surface area contributed by atoms with E-state index in [4.69, 9.17) is 26.4 Å². The number of para-hydroxylation sites is 2. The summed E-state index contributed by atoms with van der Waals surface area (Å²) in [6.45, 7) is 3.55. The molecule has 0 aliphatic heterocycles. The molecule has 10 heteroatoms. The van der Waals surface area contributed by atoms with Gasteiger partial charge in [-0.05, 0) is 72.3 Å². The number of carbonyl (C=O) groups excluding carboxylic acids is 2. The number of nitrogens with one attached hydrogen (secondary N) is 3. The predicted octanol–water partition coefficient (Wildman–Crippen LogP) is 2.96. The summed E-state index contributed by atoms with van der Waals surface area (Å²) in [6, 6.07) is 11.9. The zero-order valence-corrected chi connectivity index (χ0v) is 19.1. The number of thiocarbonyl (C=S) groups is 1. The first-order valence-corrected chi connectivity index (χ1v) is 10.1. The first-order valence-electron chi connectivity index (χ1n) is 8.92. The lowest BCUT2D eigenvalue weighted by atomic mass is 10.2. The van der Waals surface area contributed by atoms with Crippen LogP contribution in [0.15, 0.2) is 46.9 Å². The lowest BCUT2D eigenvalue weighted by Crippen LogP contribution is -2.49. The van der Waals surface area contributed by atoms with Gasteiger partial charge in [-0.25, -0.2) is 0 Å². The predicted molar refractivity (Wildman–Crippen MR) is 120 cm³/mol. The Labute approximate surface area is 188 Å². The van der Waals surface area contributed by atoms with Gasteiger partial charge in [-0.2, -0.15) is 0 Å². The van der Waals surface area contributed by atoms with Crippen molar-refractivity contribution in [3.63, 3.8) is 0 Å². The van der Waals surface area contributed by atoms with E-state index < -0.39 is 11.8 Å². The van der Waals surface area contributed by atoms with Crippen molar-refractivity contribution < 1.29 is 23.8 Å². The number of amides is 2. The Morgan fingerprint density at radius 2 is 1.77 bits per heavy atom. The van der Waals surface area contributed by atoms with E-state index in [0.29, 0.717) is 27.3 Å². The van der Waals surface area contributed by atoms with Crippen molar-refractivity contribution in [2.75, 3.05) is 13.7 Å². The summed E-state index contributed by atoms with van der Waals surface area (Å²) in [6.07, 6.45) is 0.00771. The van der Waals surface area contributed by atoms with Crippen LogP contribution in [0, 0.1) is 0 Å². The van der Waals surface area contributed by atoms with Gasteiger partial charge >= 0.3 is 0 Å². The lowest BCUT2D eigenvalue weighted by Gasteiger charge is -2.14. The van der Waals surface area contributed by atoms with Crippen LogP contribution >= 0.6 is 28.1 Å². The average molecular weight is 496 g/mol. The van der Waals surface area contributed by atoms with Crippen molar-refractivity contribution in [3.8, 4) is 17.2 Å². The van der Waals surface area contributed by atoms with Gasteiger partial charge in [-0.15, -0.1) is 0 Å². The highest BCUT2D eigenvalue weighted by Gasteiger charge is 2.12. The number of hydrazine groups is 1. The number of methoxy groups -OCH3 is 1. The van der Waals surface area contributed by atoms with Crippen LogP contribution in [0.1, 0.15) is 24.2 Å². The van der Waals surface area contributed by atoms with Gasteiger partial charge in [0, 0.05) is 5.56 Å². The molecule has 30 heavy (non-hydrogen) atoms. The van der Waals surface area contributed by atoms with Crippen LogP contribution < -0.4 is 30.4 Å². The molecule has 0 atom stereocenters. The number of ether oxygens (including phenoxy) is 3. The SMILES string of the molecule is COc1ccccc1OCC(=O)NNC(=S)NC(=O)c1ccc(OC(C)C)c(Br)c1. The van der Waals surface area contributed by atoms with Crippen LogP contribution in [0.25, 0.3) is 0 Å². The lowest BCUT2D eigenvalue weighted by molar-refractivity contribution is -0.123. The standard InChI is InChI=1S/C20H22BrN3O5S/c1-12(2)29-15-9-8-13(10-14(15)21)19(26)22-20(30)24-23-18(25)11-28-17-7-5-4-6-16(17)27-3/h4-10,12H,11H2,1-3H3,(H,23,25)(H2,22,24,26,30). The van der Waals surface area contributed by atoms with E-state index in [9.17, 15) is 9.59 Å². The first kappa shape index (κ1) is 23.4. The van der Waals surface area contributed by atoms with Crippen molar-refractivity contribution in [2.45, 2.75) is 20.0 Å². The van der Waals surface area contributed by atoms with Crippen LogP contribution in [-0.2, 0) is 4.79 Å². The van der Waals surface area contributed by atoms with Crippen LogP contribution in [-0.4, -0.2) is 36.7 Å². The molecule has 0 radical (unpaired) electrons. The fourth-order valence-electron chi connectivity index (χ4n) is 2.24. The number of carbonyl (C=O) groups is 2. The molecule has 0 fully saturated rings. The number of rotatable bonds is 7. The summed E-state index contributed by atoms with van der Waals surface area (Å²) in [5.41, 5.74) is 5.17. The average Bonchev–Trinajstić information content (AvgIpc) is 2.72. The molecule has 2 rings (SSSR count). The molecule has 2 aromatic rings. The van der Waals surface area contributed by atoms with Crippen LogP contribution in [0.3, 0.4) is 0 Å². The fourth-order valence-corrected chi connectivity index (χ4v) is 2.86. The Bertz CT molecular complexity index is 923. The maximum atomic E-state index is 12.3. The number of benzene rings is 2. The molecule has 0 heterocycles. The van der Waals surface area contributed by atoms with E-state index in [0.717, 1.165) is 0 Å². The van der Waals surface area contributed by atoms with Gasteiger partial charge in [-0.3, -0.25) is 25.8 Å². The Hall–Kier alpha value is -2.85. The minimum absolute atomic E-state index is 0.00771. The summed E-state index contributed by atoms with van der Waals surface area (Å²) < 4.78 is 16.8. The van der Waals surface area contributed by atoms with Crippen LogP contribution in [0.5, 0.6) is 17.2 Å². The Morgan fingerprint density at radius 3 is 2.40 bits per heavy atom. The molecule has 0 saturated carbocycles. The molecule has 0 spiro atoms. The van der Waals surface area contributed by atoms with Crippen LogP contribution in [0.2, 0.25) is 0 Å². The Morgan fingerprint density at radius 1 is 1.07 bits per heavy atom. The molecular weight excluding hydrogens is 474 g/mol. The van der Waals surface area contributed by atoms with E-state index >= 15 is 0 Å². The molecule has 0 bridgehead atoms. The zero-order chi connectivity index (χ0) is 22.1. The molecule has 8 nitrogen and oxygen atoms in total. The van der Waals surface area contributed by atoms with Crippen molar-refractivity contribution in [3.05, 3.63) is 52.5 Å². The molecular formula is C20H22BrN3O5S. The third-order valence-electron chi connectivity index (χ3n) is 3.53. The number of hydrogen-bond donors (Lipinski definition) is 3. The van der Waals surface area contributed by atoms with E-state index in [1.807, 2.05) is 13.8 Å². The first-order chi connectivity index (χ1) is 14.3. The van der Waals surface area contributed by atoms with Crippen molar-refractivity contribution in [2.24, 2.45) is 0 Å². The van der Waals surface area contributed by atoms with Crippen molar-refractivity contribution >= 4 is 45.1 Å². The topological polar surface area (TPSA) is 97.9 Å². The molecule has 3 N–H and O–H groups in total. The van der Waals surface area contributed by atoms with Gasteiger partial charge in [0.25, 0.3) is 11.8 Å². The highest BCUT2D eigenvalue weighted by atomic mass is 79.9. The van der Waals surface area contributed by atoms with Crippen molar-refractivity contribution in [1.29, 1.82) is 0 Å². The monoisotopic (exact) mass is 495 g/mol. The maximum absolute atomic E-state index is 12.3. The van der Waals surface area contributed by atoms with Gasteiger partial charge in [0.1, 0.15) is 5.75 Å². The van der Waals surface area contributed by atoms with Gasteiger partial charge < -0.3 is 14.2 Å².